The number of fused-ring (bicyclic) bond motifs is 2. The van der Waals surface area contributed by atoms with E-state index in [1.807, 2.05) is 11.3 Å². The molecule has 0 aromatic rings. The van der Waals surface area contributed by atoms with Crippen molar-refractivity contribution in [2.75, 3.05) is 0 Å². The van der Waals surface area contributed by atoms with Crippen molar-refractivity contribution in [3.05, 3.63) is 36.1 Å². The molecule has 94 valence electrons. The van der Waals surface area contributed by atoms with E-state index < -0.39 is 5.60 Å². The van der Waals surface area contributed by atoms with Crippen LogP contribution in [-0.4, -0.2) is 28.8 Å². The van der Waals surface area contributed by atoms with E-state index in [0.717, 1.165) is 31.3 Å². The van der Waals surface area contributed by atoms with Crippen LogP contribution >= 0.6 is 0 Å². The molecule has 3 aliphatic heterocycles. The second-order valence-corrected chi connectivity index (χ2v) is 5.30. The Morgan fingerprint density at radius 2 is 2.33 bits per heavy atom. The summed E-state index contributed by atoms with van der Waals surface area (Å²) in [6.07, 6.45) is 13.4. The predicted octanol–water partition coefficient (Wildman–Crippen LogP) is 1.85. The van der Waals surface area contributed by atoms with E-state index >= 15 is 0 Å². The van der Waals surface area contributed by atoms with Crippen LogP contribution in [-0.2, 0) is 14.4 Å². The molecule has 3 unspecified atom stereocenters. The van der Waals surface area contributed by atoms with E-state index in [0.29, 0.717) is 0 Å². The Labute approximate surface area is 105 Å². The molecule has 0 radical (unpaired) electrons. The molecule has 2 bridgehead atoms. The van der Waals surface area contributed by atoms with E-state index in [1.54, 1.807) is 6.08 Å². The summed E-state index contributed by atoms with van der Waals surface area (Å²) in [5.41, 5.74) is 0.606. The third-order valence-corrected chi connectivity index (χ3v) is 4.27. The average molecular weight is 245 g/mol. The third-order valence-electron chi connectivity index (χ3n) is 4.27. The number of allylic oxidation sites excluding steroid dienone is 1. The van der Waals surface area contributed by atoms with Crippen molar-refractivity contribution >= 4 is 5.97 Å². The number of ether oxygens (including phenoxy) is 1. The second-order valence-electron chi connectivity index (χ2n) is 5.30. The summed E-state index contributed by atoms with van der Waals surface area (Å²) in [5.74, 6) is -0.199. The van der Waals surface area contributed by atoms with E-state index in [9.17, 15) is 4.79 Å². The van der Waals surface area contributed by atoms with Crippen molar-refractivity contribution in [3.63, 3.8) is 0 Å². The Morgan fingerprint density at radius 1 is 1.39 bits per heavy atom. The molecule has 0 amide bonds. The number of rotatable bonds is 0. The minimum Gasteiger partial charge on any atom is -0.449 e. The van der Waals surface area contributed by atoms with Crippen molar-refractivity contribution in [2.24, 2.45) is 0 Å². The quantitative estimate of drug-likeness (QED) is 0.482. The number of hydroxylamine groups is 2. The summed E-state index contributed by atoms with van der Waals surface area (Å²) < 4.78 is 5.73. The summed E-state index contributed by atoms with van der Waals surface area (Å²) in [6.45, 7) is 0. The number of carbonyl (C=O) groups is 1. The molecular weight excluding hydrogens is 230 g/mol. The van der Waals surface area contributed by atoms with Gasteiger partial charge >= 0.3 is 5.97 Å². The highest BCUT2D eigenvalue weighted by Crippen LogP contribution is 2.47. The molecule has 0 saturated carbocycles. The highest BCUT2D eigenvalue weighted by Gasteiger charge is 2.54. The average Bonchev–Trinajstić information content (AvgIpc) is 2.50. The first-order chi connectivity index (χ1) is 8.78. The topological polar surface area (TPSA) is 38.8 Å². The molecule has 0 spiro atoms. The normalized spacial score (nSPS) is 40.8. The summed E-state index contributed by atoms with van der Waals surface area (Å²) >= 11 is 0. The number of hydrogen-bond donors (Lipinski definition) is 0. The van der Waals surface area contributed by atoms with Crippen LogP contribution in [0.1, 0.15) is 25.7 Å². The monoisotopic (exact) mass is 245 g/mol. The first-order valence-electron chi connectivity index (χ1n) is 6.50. The largest absolute Gasteiger partial charge is 0.449 e. The number of esters is 1. The fourth-order valence-electron chi connectivity index (χ4n) is 3.48. The van der Waals surface area contributed by atoms with Crippen LogP contribution in [0.2, 0.25) is 0 Å². The molecular formula is C14H15NO3. The van der Waals surface area contributed by atoms with Gasteiger partial charge in [-0.25, -0.2) is 4.79 Å². The molecule has 3 heterocycles. The van der Waals surface area contributed by atoms with Crippen LogP contribution in [0.15, 0.2) is 36.1 Å². The molecule has 4 heteroatoms. The van der Waals surface area contributed by atoms with Gasteiger partial charge in [0.15, 0.2) is 5.60 Å². The van der Waals surface area contributed by atoms with Crippen LogP contribution in [0.4, 0.5) is 0 Å². The predicted molar refractivity (Wildman–Crippen MR) is 64.2 cm³/mol. The van der Waals surface area contributed by atoms with Gasteiger partial charge in [0.2, 0.25) is 0 Å². The summed E-state index contributed by atoms with van der Waals surface area (Å²) in [4.78, 5) is 17.7. The minimum atomic E-state index is -0.496. The Morgan fingerprint density at radius 3 is 3.28 bits per heavy atom. The van der Waals surface area contributed by atoms with Gasteiger partial charge in [-0.1, -0.05) is 18.2 Å². The molecule has 18 heavy (non-hydrogen) atoms. The highest BCUT2D eigenvalue weighted by atomic mass is 16.7. The second kappa shape index (κ2) is 3.48. The van der Waals surface area contributed by atoms with Gasteiger partial charge in [0, 0.05) is 25.1 Å². The fraction of sp³-hybridized carbons (Fsp3) is 0.500. The van der Waals surface area contributed by atoms with Gasteiger partial charge in [-0.2, -0.15) is 0 Å². The van der Waals surface area contributed by atoms with E-state index in [4.69, 9.17) is 9.57 Å². The SMILES string of the molecule is O=C1C=C2CC3C=CCC2(O1)C1CCC=CN1O3. The minimum absolute atomic E-state index is 0.0142. The fourth-order valence-corrected chi connectivity index (χ4v) is 3.48. The lowest BCUT2D eigenvalue weighted by Gasteiger charge is -2.42. The standard InChI is InChI=1S/C14H15NO3/c16-13-9-10-8-11-4-3-6-14(10,17-13)12-5-1-2-7-15(12)18-11/h2-4,7,9,11-12H,1,5-6,8H2. The lowest BCUT2D eigenvalue weighted by Crippen LogP contribution is -2.52. The number of carbonyl (C=O) groups excluding carboxylic acids is 1. The van der Waals surface area contributed by atoms with Gasteiger partial charge in [0.25, 0.3) is 0 Å². The van der Waals surface area contributed by atoms with Crippen molar-refractivity contribution in [3.8, 4) is 0 Å². The van der Waals surface area contributed by atoms with Gasteiger partial charge in [-0.05, 0) is 18.4 Å². The third kappa shape index (κ3) is 1.27. The maximum Gasteiger partial charge on any atom is 0.331 e. The Kier molecular flexibility index (Phi) is 2.01. The maximum atomic E-state index is 11.7. The highest BCUT2D eigenvalue weighted by molar-refractivity contribution is 5.87. The van der Waals surface area contributed by atoms with Crippen LogP contribution in [0.5, 0.6) is 0 Å². The molecule has 0 aromatic heterocycles. The molecule has 0 aromatic carbocycles. The number of nitrogens with zero attached hydrogens (tertiary/aromatic N) is 1. The van der Waals surface area contributed by atoms with Crippen LogP contribution < -0.4 is 0 Å². The molecule has 4 rings (SSSR count). The maximum absolute atomic E-state index is 11.7. The first-order valence-corrected chi connectivity index (χ1v) is 6.50. The van der Waals surface area contributed by atoms with Crippen molar-refractivity contribution in [2.45, 2.75) is 43.4 Å². The van der Waals surface area contributed by atoms with Gasteiger partial charge in [-0.15, -0.1) is 0 Å². The van der Waals surface area contributed by atoms with Crippen LogP contribution in [0.25, 0.3) is 0 Å². The molecule has 1 aliphatic carbocycles. The first kappa shape index (κ1) is 10.4. The molecule has 3 atom stereocenters. The van der Waals surface area contributed by atoms with Gasteiger partial charge in [0.1, 0.15) is 12.1 Å². The molecule has 4 aliphatic rings. The summed E-state index contributed by atoms with van der Waals surface area (Å²) in [5, 5.41) is 1.90. The lowest BCUT2D eigenvalue weighted by molar-refractivity contribution is -0.205. The van der Waals surface area contributed by atoms with E-state index in [-0.39, 0.29) is 18.1 Å². The van der Waals surface area contributed by atoms with Crippen molar-refractivity contribution in [1.82, 2.24) is 5.06 Å². The zero-order valence-electron chi connectivity index (χ0n) is 10.0. The smallest absolute Gasteiger partial charge is 0.331 e. The van der Waals surface area contributed by atoms with Crippen LogP contribution in [0.3, 0.4) is 0 Å². The number of hydrogen-bond acceptors (Lipinski definition) is 4. The molecule has 1 saturated heterocycles. The zero-order chi connectivity index (χ0) is 12.2. The van der Waals surface area contributed by atoms with Gasteiger partial charge in [-0.3, -0.25) is 9.90 Å². The summed E-state index contributed by atoms with van der Waals surface area (Å²) in [6, 6.07) is 0.107. The zero-order valence-corrected chi connectivity index (χ0v) is 10.0. The van der Waals surface area contributed by atoms with Crippen molar-refractivity contribution in [1.29, 1.82) is 0 Å². The molecule has 1 fully saturated rings. The van der Waals surface area contributed by atoms with Gasteiger partial charge < -0.3 is 4.74 Å². The Bertz CT molecular complexity index is 493. The summed E-state index contributed by atoms with van der Waals surface area (Å²) in [7, 11) is 0. The lowest BCUT2D eigenvalue weighted by atomic mass is 9.80. The molecule has 0 N–H and O–H groups in total. The van der Waals surface area contributed by atoms with E-state index in [1.165, 1.54) is 0 Å². The Balaban J connectivity index is 1.87. The molecule has 4 nitrogen and oxygen atoms in total. The van der Waals surface area contributed by atoms with Gasteiger partial charge in [0.05, 0.1) is 0 Å². The van der Waals surface area contributed by atoms with Crippen molar-refractivity contribution < 1.29 is 14.4 Å². The Hall–Kier alpha value is -1.55. The van der Waals surface area contributed by atoms with E-state index in [2.05, 4.69) is 18.2 Å². The van der Waals surface area contributed by atoms with Crippen LogP contribution in [0, 0.1) is 0 Å².